The molecule has 1 aliphatic rings. The molecule has 1 aliphatic heterocycles. The number of nitrogens with zero attached hydrogens (tertiary/aromatic N) is 1. The Hall–Kier alpha value is -2.01. The van der Waals surface area contributed by atoms with Gasteiger partial charge in [0.25, 0.3) is 0 Å². The summed E-state index contributed by atoms with van der Waals surface area (Å²) in [4.78, 5) is 15.5. The first-order valence-electron chi connectivity index (χ1n) is 7.27. The van der Waals surface area contributed by atoms with E-state index >= 15 is 0 Å². The number of carbonyl (C=O) groups is 1. The van der Waals surface area contributed by atoms with Crippen molar-refractivity contribution in [2.45, 2.75) is 23.5 Å². The number of rotatable bonds is 2. The van der Waals surface area contributed by atoms with E-state index in [-0.39, 0.29) is 11.8 Å². The van der Waals surface area contributed by atoms with E-state index < -0.39 is 0 Å². The topological polar surface area (TPSA) is 32.3 Å². The van der Waals surface area contributed by atoms with Crippen LogP contribution in [0.1, 0.15) is 13.3 Å². The van der Waals surface area contributed by atoms with E-state index in [0.29, 0.717) is 17.5 Å². The summed E-state index contributed by atoms with van der Waals surface area (Å²) >= 11 is 1.82. The van der Waals surface area contributed by atoms with Crippen LogP contribution in [0.15, 0.2) is 53.4 Å². The molecular weight excluding hydrogens is 299 g/mol. The highest BCUT2D eigenvalue weighted by atomic mass is 32.2. The van der Waals surface area contributed by atoms with Crippen LogP contribution < -0.4 is 10.2 Å². The van der Waals surface area contributed by atoms with E-state index in [9.17, 15) is 9.18 Å². The lowest BCUT2D eigenvalue weighted by molar-refractivity contribution is 0.256. The molecular formula is C17H17FN2OS. The van der Waals surface area contributed by atoms with Gasteiger partial charge in [0.15, 0.2) is 0 Å². The molecule has 0 aliphatic carbocycles. The van der Waals surface area contributed by atoms with Crippen molar-refractivity contribution in [3.8, 4) is 0 Å². The second-order valence-corrected chi connectivity index (χ2v) is 6.51. The number of benzene rings is 2. The number of para-hydroxylation sites is 1. The predicted molar refractivity (Wildman–Crippen MR) is 89.1 cm³/mol. The van der Waals surface area contributed by atoms with Crippen LogP contribution in [0.2, 0.25) is 0 Å². The zero-order valence-electron chi connectivity index (χ0n) is 12.3. The highest BCUT2D eigenvalue weighted by Gasteiger charge is 2.28. The smallest absolute Gasteiger partial charge is 0.308 e. The van der Waals surface area contributed by atoms with E-state index in [1.807, 2.05) is 36.0 Å². The molecule has 0 fully saturated rings. The van der Waals surface area contributed by atoms with Gasteiger partial charge in [0.2, 0.25) is 0 Å². The molecule has 3 nitrogen and oxygen atoms in total. The fourth-order valence-electron chi connectivity index (χ4n) is 2.43. The number of thioether (sulfide) groups is 1. The highest BCUT2D eigenvalue weighted by molar-refractivity contribution is 8.00. The first kappa shape index (κ1) is 14.9. The lowest BCUT2D eigenvalue weighted by atomic mass is 10.2. The number of hydrogen-bond acceptors (Lipinski definition) is 2. The average Bonchev–Trinajstić information content (AvgIpc) is 2.55. The van der Waals surface area contributed by atoms with E-state index in [4.69, 9.17) is 0 Å². The number of nitrogens with one attached hydrogen (secondary N) is 1. The summed E-state index contributed by atoms with van der Waals surface area (Å²) in [5.74, 6) is -0.316. The van der Waals surface area contributed by atoms with Gasteiger partial charge in [0.1, 0.15) is 5.82 Å². The fraction of sp³-hybridized carbons (Fsp3) is 0.235. The van der Waals surface area contributed by atoms with E-state index in [2.05, 4.69) is 12.2 Å². The van der Waals surface area contributed by atoms with Crippen LogP contribution in [0, 0.1) is 5.82 Å². The number of amides is 2. The molecule has 2 aromatic rings. The first-order valence-corrected chi connectivity index (χ1v) is 8.15. The minimum absolute atomic E-state index is 0.183. The lowest BCUT2D eigenvalue weighted by Crippen LogP contribution is -2.41. The van der Waals surface area contributed by atoms with Crippen LogP contribution in [0.4, 0.5) is 20.6 Å². The van der Waals surface area contributed by atoms with Gasteiger partial charge < -0.3 is 5.32 Å². The molecule has 22 heavy (non-hydrogen) atoms. The van der Waals surface area contributed by atoms with Crippen molar-refractivity contribution in [3.05, 3.63) is 54.3 Å². The molecule has 0 radical (unpaired) electrons. The molecule has 114 valence electrons. The van der Waals surface area contributed by atoms with Crippen molar-refractivity contribution >= 4 is 29.2 Å². The van der Waals surface area contributed by atoms with Gasteiger partial charge in [-0.25, -0.2) is 9.18 Å². The Morgan fingerprint density at radius 3 is 2.73 bits per heavy atom. The Morgan fingerprint density at radius 1 is 1.27 bits per heavy atom. The summed E-state index contributed by atoms with van der Waals surface area (Å²) in [5, 5.41) is 3.22. The molecule has 0 saturated carbocycles. The third-order valence-corrected chi connectivity index (χ3v) is 5.05. The van der Waals surface area contributed by atoms with Gasteiger partial charge in [-0.15, -0.1) is 11.8 Å². The summed E-state index contributed by atoms with van der Waals surface area (Å²) in [5.41, 5.74) is 1.52. The van der Waals surface area contributed by atoms with Crippen LogP contribution in [-0.2, 0) is 0 Å². The molecule has 0 unspecified atom stereocenters. The Labute approximate surface area is 133 Å². The molecule has 0 spiro atoms. The lowest BCUT2D eigenvalue weighted by Gasteiger charge is -2.33. The second-order valence-electron chi connectivity index (χ2n) is 5.16. The summed E-state index contributed by atoms with van der Waals surface area (Å²) in [7, 11) is 0. The van der Waals surface area contributed by atoms with Gasteiger partial charge in [-0.3, -0.25) is 4.90 Å². The van der Waals surface area contributed by atoms with Crippen LogP contribution in [0.25, 0.3) is 0 Å². The maximum atomic E-state index is 12.9. The Morgan fingerprint density at radius 2 is 2.00 bits per heavy atom. The Bertz CT molecular complexity index is 675. The van der Waals surface area contributed by atoms with Crippen molar-refractivity contribution in [3.63, 3.8) is 0 Å². The van der Waals surface area contributed by atoms with Gasteiger partial charge >= 0.3 is 6.03 Å². The molecule has 2 amide bonds. The zero-order valence-corrected chi connectivity index (χ0v) is 13.1. The number of anilines is 2. The van der Waals surface area contributed by atoms with Crippen LogP contribution in [-0.4, -0.2) is 17.8 Å². The maximum Gasteiger partial charge on any atom is 0.326 e. The number of halogens is 1. The van der Waals surface area contributed by atoms with E-state index in [0.717, 1.165) is 17.0 Å². The number of carbonyl (C=O) groups excluding carboxylic acids is 1. The standard InChI is InChI=1S/C17H17FN2OS/c1-2-14-11-20(15-5-3-4-6-16(15)22-14)17(21)19-13-9-7-12(18)8-10-13/h3-10,14H,2,11H2,1H3,(H,19,21)/t14-/m1/s1. The summed E-state index contributed by atoms with van der Waals surface area (Å²) in [6.07, 6.45) is 0.999. The van der Waals surface area contributed by atoms with Gasteiger partial charge in [0.05, 0.1) is 5.69 Å². The molecule has 0 aromatic heterocycles. The third kappa shape index (κ3) is 3.09. The Balaban J connectivity index is 1.83. The van der Waals surface area contributed by atoms with Crippen LogP contribution >= 0.6 is 11.8 Å². The molecule has 2 aromatic carbocycles. The molecule has 1 N–H and O–H groups in total. The van der Waals surface area contributed by atoms with Gasteiger partial charge in [0, 0.05) is 22.4 Å². The summed E-state index contributed by atoms with van der Waals surface area (Å²) < 4.78 is 12.9. The van der Waals surface area contributed by atoms with E-state index in [1.165, 1.54) is 12.1 Å². The second kappa shape index (κ2) is 6.40. The molecule has 3 rings (SSSR count). The van der Waals surface area contributed by atoms with Crippen molar-refractivity contribution in [2.75, 3.05) is 16.8 Å². The zero-order chi connectivity index (χ0) is 15.5. The fourth-order valence-corrected chi connectivity index (χ4v) is 3.63. The monoisotopic (exact) mass is 316 g/mol. The van der Waals surface area contributed by atoms with Gasteiger partial charge in [-0.1, -0.05) is 19.1 Å². The van der Waals surface area contributed by atoms with Gasteiger partial charge in [-0.2, -0.15) is 0 Å². The minimum atomic E-state index is -0.316. The quantitative estimate of drug-likeness (QED) is 0.867. The largest absolute Gasteiger partial charge is 0.326 e. The van der Waals surface area contributed by atoms with Crippen molar-refractivity contribution in [1.82, 2.24) is 0 Å². The third-order valence-electron chi connectivity index (χ3n) is 3.63. The molecule has 1 heterocycles. The predicted octanol–water partition coefficient (Wildman–Crippen LogP) is 4.75. The normalized spacial score (nSPS) is 17.0. The highest BCUT2D eigenvalue weighted by Crippen LogP contribution is 2.39. The molecule has 1 atom stereocenters. The summed E-state index contributed by atoms with van der Waals surface area (Å²) in [6, 6.07) is 13.5. The van der Waals surface area contributed by atoms with Crippen LogP contribution in [0.3, 0.4) is 0 Å². The number of urea groups is 1. The minimum Gasteiger partial charge on any atom is -0.308 e. The Kier molecular flexibility index (Phi) is 4.34. The molecule has 5 heteroatoms. The SMILES string of the molecule is CC[C@@H]1CN(C(=O)Nc2ccc(F)cc2)c2ccccc2S1. The van der Waals surface area contributed by atoms with Gasteiger partial charge in [-0.05, 0) is 42.8 Å². The first-order chi connectivity index (χ1) is 10.7. The summed E-state index contributed by atoms with van der Waals surface area (Å²) in [6.45, 7) is 2.80. The van der Waals surface area contributed by atoms with Crippen molar-refractivity contribution < 1.29 is 9.18 Å². The molecule has 0 saturated heterocycles. The maximum absolute atomic E-state index is 12.9. The van der Waals surface area contributed by atoms with Crippen molar-refractivity contribution in [2.24, 2.45) is 0 Å². The van der Waals surface area contributed by atoms with Crippen LogP contribution in [0.5, 0.6) is 0 Å². The molecule has 0 bridgehead atoms. The average molecular weight is 316 g/mol. The number of fused-ring (bicyclic) bond motifs is 1. The van der Waals surface area contributed by atoms with E-state index in [1.54, 1.807) is 17.0 Å². The van der Waals surface area contributed by atoms with Crippen molar-refractivity contribution in [1.29, 1.82) is 0 Å². The number of hydrogen-bond donors (Lipinski definition) is 1.